The number of halogens is 1. The van der Waals surface area contributed by atoms with Crippen LogP contribution < -0.4 is 0 Å². The van der Waals surface area contributed by atoms with Gasteiger partial charge in [-0.2, -0.15) is 0 Å². The minimum atomic E-state index is -0.591. The lowest BCUT2D eigenvalue weighted by molar-refractivity contribution is 0.0694. The van der Waals surface area contributed by atoms with Crippen molar-refractivity contribution in [2.75, 3.05) is 13.6 Å². The zero-order chi connectivity index (χ0) is 14.7. The lowest BCUT2D eigenvalue weighted by Gasteiger charge is -2.16. The van der Waals surface area contributed by atoms with Crippen LogP contribution in [0.2, 0.25) is 5.02 Å². The third kappa shape index (κ3) is 3.37. The molecule has 0 radical (unpaired) electrons. The van der Waals surface area contributed by atoms with Gasteiger partial charge in [0.15, 0.2) is 11.5 Å². The number of hydrogen-bond acceptors (Lipinski definition) is 4. The average Bonchev–Trinajstić information content (AvgIpc) is 2.87. The van der Waals surface area contributed by atoms with Gasteiger partial charge in [-0.25, -0.2) is 0 Å². The van der Waals surface area contributed by atoms with E-state index < -0.39 is 6.10 Å². The number of carbonyl (C=O) groups excluding carboxylic acids is 1. The fourth-order valence-electron chi connectivity index (χ4n) is 1.80. The topological polar surface area (TPSA) is 66.6 Å². The molecule has 0 saturated heterocycles. The van der Waals surface area contributed by atoms with Crippen LogP contribution in [-0.4, -0.2) is 40.8 Å². The summed E-state index contributed by atoms with van der Waals surface area (Å²) in [6.45, 7) is 1.85. The van der Waals surface area contributed by atoms with Crippen molar-refractivity contribution in [3.05, 3.63) is 41.0 Å². The highest BCUT2D eigenvalue weighted by atomic mass is 35.5. The van der Waals surface area contributed by atoms with Gasteiger partial charge in [-0.15, -0.1) is 0 Å². The number of aromatic nitrogens is 1. The summed E-state index contributed by atoms with van der Waals surface area (Å²) in [5.41, 5.74) is 0.997. The summed E-state index contributed by atoms with van der Waals surface area (Å²) in [7, 11) is 1.60. The van der Waals surface area contributed by atoms with E-state index in [1.54, 1.807) is 44.3 Å². The van der Waals surface area contributed by atoms with Crippen molar-refractivity contribution in [3.8, 4) is 11.3 Å². The quantitative estimate of drug-likeness (QED) is 0.940. The van der Waals surface area contributed by atoms with Gasteiger partial charge >= 0.3 is 0 Å². The van der Waals surface area contributed by atoms with Crippen LogP contribution in [0.1, 0.15) is 17.4 Å². The molecular weight excluding hydrogens is 280 g/mol. The summed E-state index contributed by atoms with van der Waals surface area (Å²) in [4.78, 5) is 13.4. The molecule has 0 aliphatic rings. The number of likely N-dealkylation sites (N-methyl/N-ethyl adjacent to an activating group) is 1. The number of aliphatic hydroxyl groups excluding tert-OH is 1. The zero-order valence-electron chi connectivity index (χ0n) is 11.2. The molecule has 1 aromatic heterocycles. The largest absolute Gasteiger partial charge is 0.392 e. The van der Waals surface area contributed by atoms with E-state index in [9.17, 15) is 9.90 Å². The van der Waals surface area contributed by atoms with Crippen LogP contribution in [0, 0.1) is 0 Å². The Balaban J connectivity index is 2.16. The SMILES string of the molecule is C[C@@H](O)CN(C)C(=O)c1cc(-c2ccc(Cl)cc2)on1. The molecule has 0 bridgehead atoms. The number of amides is 1. The molecule has 1 heterocycles. The highest BCUT2D eigenvalue weighted by Crippen LogP contribution is 2.22. The summed E-state index contributed by atoms with van der Waals surface area (Å²) in [5.74, 6) is 0.199. The molecule has 0 spiro atoms. The van der Waals surface area contributed by atoms with Crippen molar-refractivity contribution in [3.63, 3.8) is 0 Å². The third-order valence-corrected chi connectivity index (χ3v) is 2.99. The van der Waals surface area contributed by atoms with Gasteiger partial charge < -0.3 is 14.5 Å². The van der Waals surface area contributed by atoms with Crippen LogP contribution in [0.15, 0.2) is 34.9 Å². The van der Waals surface area contributed by atoms with Crippen molar-refractivity contribution in [1.29, 1.82) is 0 Å². The van der Waals surface area contributed by atoms with E-state index in [-0.39, 0.29) is 18.1 Å². The molecule has 1 amide bonds. The average molecular weight is 295 g/mol. The van der Waals surface area contributed by atoms with Crippen molar-refractivity contribution < 1.29 is 14.4 Å². The van der Waals surface area contributed by atoms with Gasteiger partial charge in [0.1, 0.15) is 0 Å². The zero-order valence-corrected chi connectivity index (χ0v) is 12.0. The summed E-state index contributed by atoms with van der Waals surface area (Å²) < 4.78 is 5.16. The van der Waals surface area contributed by atoms with E-state index in [2.05, 4.69) is 5.16 Å². The highest BCUT2D eigenvalue weighted by Gasteiger charge is 2.18. The molecule has 2 aromatic rings. The van der Waals surface area contributed by atoms with E-state index in [4.69, 9.17) is 16.1 Å². The number of nitrogens with zero attached hydrogens (tertiary/aromatic N) is 2. The highest BCUT2D eigenvalue weighted by molar-refractivity contribution is 6.30. The van der Waals surface area contributed by atoms with Gasteiger partial charge in [0, 0.05) is 30.2 Å². The molecule has 20 heavy (non-hydrogen) atoms. The van der Waals surface area contributed by atoms with E-state index in [0.717, 1.165) is 5.56 Å². The first-order chi connectivity index (χ1) is 9.47. The molecule has 0 aliphatic heterocycles. The molecule has 5 nitrogen and oxygen atoms in total. The Kier molecular flexibility index (Phi) is 4.42. The van der Waals surface area contributed by atoms with Gasteiger partial charge in [-0.3, -0.25) is 4.79 Å². The third-order valence-electron chi connectivity index (χ3n) is 2.74. The number of carbonyl (C=O) groups is 1. The maximum absolute atomic E-state index is 12.1. The van der Waals surface area contributed by atoms with Crippen molar-refractivity contribution in [2.45, 2.75) is 13.0 Å². The van der Waals surface area contributed by atoms with Gasteiger partial charge in [0.05, 0.1) is 6.10 Å². The molecule has 0 aliphatic carbocycles. The maximum Gasteiger partial charge on any atom is 0.275 e. The van der Waals surface area contributed by atoms with E-state index >= 15 is 0 Å². The standard InChI is InChI=1S/C14H15ClN2O3/c1-9(18)8-17(2)14(19)12-7-13(20-16-12)10-3-5-11(15)6-4-10/h3-7,9,18H,8H2,1-2H3/t9-/m1/s1. The second kappa shape index (κ2) is 6.07. The molecule has 1 atom stereocenters. The first-order valence-corrected chi connectivity index (χ1v) is 6.51. The number of benzene rings is 1. The van der Waals surface area contributed by atoms with E-state index in [1.807, 2.05) is 0 Å². The lowest BCUT2D eigenvalue weighted by atomic mass is 10.1. The van der Waals surface area contributed by atoms with Gasteiger partial charge in [0.2, 0.25) is 0 Å². The van der Waals surface area contributed by atoms with E-state index in [1.165, 1.54) is 4.90 Å². The second-order valence-corrected chi connectivity index (χ2v) is 5.05. The molecule has 6 heteroatoms. The minimum absolute atomic E-state index is 0.207. The fraction of sp³-hybridized carbons (Fsp3) is 0.286. The smallest absolute Gasteiger partial charge is 0.275 e. The number of hydrogen-bond donors (Lipinski definition) is 1. The van der Waals surface area contributed by atoms with Gasteiger partial charge in [0.25, 0.3) is 5.91 Å². The van der Waals surface area contributed by atoms with E-state index in [0.29, 0.717) is 10.8 Å². The first-order valence-electron chi connectivity index (χ1n) is 6.13. The Hall–Kier alpha value is -1.85. The molecular formula is C14H15ClN2O3. The molecule has 1 N–H and O–H groups in total. The summed E-state index contributed by atoms with van der Waals surface area (Å²) in [6.07, 6.45) is -0.591. The maximum atomic E-state index is 12.1. The van der Waals surface area contributed by atoms with Gasteiger partial charge in [-0.05, 0) is 31.2 Å². The van der Waals surface area contributed by atoms with Crippen molar-refractivity contribution >= 4 is 17.5 Å². The number of rotatable bonds is 4. The van der Waals surface area contributed by atoms with Crippen LogP contribution in [0.4, 0.5) is 0 Å². The summed E-state index contributed by atoms with van der Waals surface area (Å²) >= 11 is 5.81. The Morgan fingerprint density at radius 1 is 1.45 bits per heavy atom. The molecule has 1 aromatic carbocycles. The molecule has 2 rings (SSSR count). The lowest BCUT2D eigenvalue weighted by Crippen LogP contribution is -2.33. The predicted molar refractivity (Wildman–Crippen MR) is 75.6 cm³/mol. The number of aliphatic hydroxyl groups is 1. The normalized spacial score (nSPS) is 12.2. The van der Waals surface area contributed by atoms with Crippen LogP contribution in [0.25, 0.3) is 11.3 Å². The first kappa shape index (κ1) is 14.6. The Labute approximate surface area is 121 Å². The van der Waals surface area contributed by atoms with Crippen molar-refractivity contribution in [1.82, 2.24) is 10.1 Å². The molecule has 0 fully saturated rings. The minimum Gasteiger partial charge on any atom is -0.392 e. The summed E-state index contributed by atoms with van der Waals surface area (Å²) in [6, 6.07) is 8.62. The van der Waals surface area contributed by atoms with Crippen LogP contribution in [0.3, 0.4) is 0 Å². The monoisotopic (exact) mass is 294 g/mol. The summed E-state index contributed by atoms with van der Waals surface area (Å²) in [5, 5.41) is 13.7. The second-order valence-electron chi connectivity index (χ2n) is 4.62. The molecule has 0 unspecified atom stereocenters. The van der Waals surface area contributed by atoms with Crippen LogP contribution in [0.5, 0.6) is 0 Å². The Morgan fingerprint density at radius 3 is 2.70 bits per heavy atom. The van der Waals surface area contributed by atoms with Crippen molar-refractivity contribution in [2.24, 2.45) is 0 Å². The Morgan fingerprint density at radius 2 is 2.10 bits per heavy atom. The fourth-order valence-corrected chi connectivity index (χ4v) is 1.93. The van der Waals surface area contributed by atoms with Gasteiger partial charge in [-0.1, -0.05) is 16.8 Å². The predicted octanol–water partition coefficient (Wildman–Crippen LogP) is 2.45. The molecule has 106 valence electrons. The Bertz CT molecular complexity index is 593. The van der Waals surface area contributed by atoms with Crippen LogP contribution in [-0.2, 0) is 0 Å². The molecule has 0 saturated carbocycles. The van der Waals surface area contributed by atoms with Crippen LogP contribution >= 0.6 is 11.6 Å².